The molecule has 0 saturated carbocycles. The summed E-state index contributed by atoms with van der Waals surface area (Å²) in [6.07, 6.45) is 0. The molecule has 1 N–H and O–H groups in total. The maximum absolute atomic E-state index is 12.2. The first-order valence-electron chi connectivity index (χ1n) is 7.50. The minimum atomic E-state index is -0.459. The third kappa shape index (κ3) is 3.10. The van der Waals surface area contributed by atoms with Crippen LogP contribution in [0, 0.1) is 0 Å². The van der Waals surface area contributed by atoms with E-state index in [1.54, 1.807) is 18.2 Å². The molecule has 0 bridgehead atoms. The second-order valence-corrected chi connectivity index (χ2v) is 5.09. The second kappa shape index (κ2) is 6.62. The van der Waals surface area contributed by atoms with E-state index in [4.69, 9.17) is 9.47 Å². The summed E-state index contributed by atoms with van der Waals surface area (Å²) >= 11 is 0. The fourth-order valence-electron chi connectivity index (χ4n) is 2.53. The maximum atomic E-state index is 12.2. The lowest BCUT2D eigenvalue weighted by atomic mass is 10.0. The van der Waals surface area contributed by atoms with E-state index in [0.29, 0.717) is 24.2 Å². The summed E-state index contributed by atoms with van der Waals surface area (Å²) < 4.78 is 10.3. The highest BCUT2D eigenvalue weighted by atomic mass is 16.6. The van der Waals surface area contributed by atoms with E-state index in [1.807, 2.05) is 31.2 Å². The number of aromatic nitrogens is 1. The van der Waals surface area contributed by atoms with Crippen LogP contribution >= 0.6 is 0 Å². The van der Waals surface area contributed by atoms with Crippen molar-refractivity contribution in [1.29, 1.82) is 0 Å². The summed E-state index contributed by atoms with van der Waals surface area (Å²) in [4.78, 5) is 27.1. The van der Waals surface area contributed by atoms with Crippen LogP contribution in [0.1, 0.15) is 17.3 Å². The van der Waals surface area contributed by atoms with Crippen LogP contribution in [-0.2, 0) is 9.47 Å². The number of aromatic amines is 1. The van der Waals surface area contributed by atoms with E-state index in [9.17, 15) is 9.59 Å². The quantitative estimate of drug-likeness (QED) is 0.447. The van der Waals surface area contributed by atoms with E-state index in [2.05, 4.69) is 4.98 Å². The van der Waals surface area contributed by atoms with Crippen molar-refractivity contribution >= 4 is 27.6 Å². The zero-order chi connectivity index (χ0) is 16.2. The fraction of sp³-hybridized carbons (Fsp3) is 0.222. The lowest BCUT2D eigenvalue weighted by Crippen LogP contribution is -2.12. The van der Waals surface area contributed by atoms with E-state index in [1.165, 1.54) is 0 Å². The summed E-state index contributed by atoms with van der Waals surface area (Å²) in [6.45, 7) is 3.01. The Hall–Kier alpha value is -2.66. The van der Waals surface area contributed by atoms with Gasteiger partial charge in [-0.05, 0) is 30.5 Å². The molecule has 0 saturated heterocycles. The first kappa shape index (κ1) is 15.2. The van der Waals surface area contributed by atoms with Crippen molar-refractivity contribution in [2.24, 2.45) is 0 Å². The molecule has 3 rings (SSSR count). The normalized spacial score (nSPS) is 11.0. The van der Waals surface area contributed by atoms with Gasteiger partial charge in [-0.2, -0.15) is 0 Å². The van der Waals surface area contributed by atoms with Gasteiger partial charge in [-0.3, -0.25) is 4.79 Å². The van der Waals surface area contributed by atoms with Gasteiger partial charge in [0.2, 0.25) is 0 Å². The number of ether oxygens (including phenoxy) is 2. The van der Waals surface area contributed by atoms with Crippen LogP contribution in [0.3, 0.4) is 0 Å². The highest BCUT2D eigenvalue weighted by Gasteiger charge is 2.11. The number of hydrogen-bond acceptors (Lipinski definition) is 4. The minimum absolute atomic E-state index is 0.193. The number of H-pyrrole nitrogens is 1. The molecule has 3 aromatic rings. The highest BCUT2D eigenvalue weighted by molar-refractivity contribution is 6.07. The van der Waals surface area contributed by atoms with Gasteiger partial charge in [0.05, 0.1) is 12.2 Å². The molecule has 0 aliphatic heterocycles. The van der Waals surface area contributed by atoms with Crippen molar-refractivity contribution in [1.82, 2.24) is 4.98 Å². The van der Waals surface area contributed by atoms with E-state index in [0.717, 1.165) is 16.3 Å². The first-order chi connectivity index (χ1) is 11.2. The molecule has 1 aromatic heterocycles. The van der Waals surface area contributed by atoms with Crippen LogP contribution in [-0.4, -0.2) is 30.8 Å². The van der Waals surface area contributed by atoms with Crippen LogP contribution in [0.4, 0.5) is 0 Å². The van der Waals surface area contributed by atoms with Crippen molar-refractivity contribution < 1.29 is 14.3 Å². The average Bonchev–Trinajstić information content (AvgIpc) is 2.58. The van der Waals surface area contributed by atoms with Crippen LogP contribution in [0.2, 0.25) is 0 Å². The standard InChI is InChI=1S/C18H17NO4/c1-2-22-9-10-23-18(21)12-7-8-13-14-5-3-4-6-16(14)19-17(20)15(13)11-12/h3-8,11H,2,9-10H2,1H3,(H,19,20). The van der Waals surface area contributed by atoms with E-state index < -0.39 is 5.97 Å². The van der Waals surface area contributed by atoms with Gasteiger partial charge in [-0.15, -0.1) is 0 Å². The fourth-order valence-corrected chi connectivity index (χ4v) is 2.53. The van der Waals surface area contributed by atoms with Crippen LogP contribution in [0.5, 0.6) is 0 Å². The Bertz CT molecular complexity index is 914. The summed E-state index contributed by atoms with van der Waals surface area (Å²) in [5.74, 6) is -0.459. The molecule has 23 heavy (non-hydrogen) atoms. The third-order valence-corrected chi connectivity index (χ3v) is 3.63. The zero-order valence-corrected chi connectivity index (χ0v) is 12.8. The molecule has 0 aliphatic carbocycles. The van der Waals surface area contributed by atoms with Gasteiger partial charge in [0, 0.05) is 22.9 Å². The summed E-state index contributed by atoms with van der Waals surface area (Å²) in [7, 11) is 0. The molecule has 5 heteroatoms. The molecule has 1 heterocycles. The van der Waals surface area contributed by atoms with Crippen molar-refractivity contribution in [2.75, 3.05) is 19.8 Å². The first-order valence-corrected chi connectivity index (χ1v) is 7.50. The molecule has 0 unspecified atom stereocenters. The Morgan fingerprint density at radius 3 is 2.70 bits per heavy atom. The predicted molar refractivity (Wildman–Crippen MR) is 88.9 cm³/mol. The maximum Gasteiger partial charge on any atom is 0.338 e. The van der Waals surface area contributed by atoms with Gasteiger partial charge in [0.1, 0.15) is 6.61 Å². The number of pyridine rings is 1. The van der Waals surface area contributed by atoms with Crippen LogP contribution < -0.4 is 5.56 Å². The molecule has 2 aromatic carbocycles. The number of hydrogen-bond donors (Lipinski definition) is 1. The highest BCUT2D eigenvalue weighted by Crippen LogP contribution is 2.22. The summed E-state index contributed by atoms with van der Waals surface area (Å²) in [5.41, 5.74) is 0.912. The predicted octanol–water partition coefficient (Wildman–Crippen LogP) is 2.87. The lowest BCUT2D eigenvalue weighted by Gasteiger charge is -2.07. The van der Waals surface area contributed by atoms with E-state index >= 15 is 0 Å². The Balaban J connectivity index is 1.96. The third-order valence-electron chi connectivity index (χ3n) is 3.63. The molecule has 0 fully saturated rings. The average molecular weight is 311 g/mol. The van der Waals surface area contributed by atoms with Crippen molar-refractivity contribution in [3.63, 3.8) is 0 Å². The molecule has 0 amide bonds. The summed E-state index contributed by atoms with van der Waals surface area (Å²) in [6, 6.07) is 12.6. The number of esters is 1. The Morgan fingerprint density at radius 2 is 1.87 bits per heavy atom. The minimum Gasteiger partial charge on any atom is -0.460 e. The largest absolute Gasteiger partial charge is 0.460 e. The monoisotopic (exact) mass is 311 g/mol. The van der Waals surface area contributed by atoms with Crippen LogP contribution in [0.15, 0.2) is 47.3 Å². The van der Waals surface area contributed by atoms with Gasteiger partial charge < -0.3 is 14.5 Å². The molecular weight excluding hydrogens is 294 g/mol. The lowest BCUT2D eigenvalue weighted by molar-refractivity contribution is 0.0335. The SMILES string of the molecule is CCOCCOC(=O)c1ccc2c(c1)c(=O)[nH]c1ccccc12. The Labute approximate surface area is 132 Å². The van der Waals surface area contributed by atoms with Gasteiger partial charge in [-0.25, -0.2) is 4.79 Å². The molecule has 0 radical (unpaired) electrons. The molecule has 0 aliphatic rings. The second-order valence-electron chi connectivity index (χ2n) is 5.09. The van der Waals surface area contributed by atoms with Gasteiger partial charge in [-0.1, -0.05) is 24.3 Å². The number of nitrogens with one attached hydrogen (secondary N) is 1. The zero-order valence-electron chi connectivity index (χ0n) is 12.8. The van der Waals surface area contributed by atoms with Gasteiger partial charge >= 0.3 is 5.97 Å². The summed E-state index contributed by atoms with van der Waals surface area (Å²) in [5, 5.41) is 2.23. The number of para-hydroxylation sites is 1. The topological polar surface area (TPSA) is 68.4 Å². The number of carbonyl (C=O) groups excluding carboxylic acids is 1. The van der Waals surface area contributed by atoms with Gasteiger partial charge in [0.25, 0.3) is 5.56 Å². The van der Waals surface area contributed by atoms with E-state index in [-0.39, 0.29) is 12.2 Å². The number of carbonyl (C=O) groups is 1. The number of rotatable bonds is 5. The Kier molecular flexibility index (Phi) is 4.39. The molecule has 0 spiro atoms. The molecule has 5 nitrogen and oxygen atoms in total. The number of fused-ring (bicyclic) bond motifs is 3. The molecule has 0 atom stereocenters. The van der Waals surface area contributed by atoms with Gasteiger partial charge in [0.15, 0.2) is 0 Å². The van der Waals surface area contributed by atoms with Crippen LogP contribution in [0.25, 0.3) is 21.7 Å². The van der Waals surface area contributed by atoms with Crippen molar-refractivity contribution in [3.05, 3.63) is 58.4 Å². The van der Waals surface area contributed by atoms with Crippen molar-refractivity contribution in [3.8, 4) is 0 Å². The molecule has 118 valence electrons. The number of benzene rings is 2. The Morgan fingerprint density at radius 1 is 1.04 bits per heavy atom. The smallest absolute Gasteiger partial charge is 0.338 e. The van der Waals surface area contributed by atoms with Crippen molar-refractivity contribution in [2.45, 2.75) is 6.92 Å². The molecular formula is C18H17NO4.